The minimum atomic E-state index is -0.439. The van der Waals surface area contributed by atoms with E-state index in [0.29, 0.717) is 21.3 Å². The minimum absolute atomic E-state index is 0.0142. The average molecular weight is 403 g/mol. The molecule has 0 unspecified atom stereocenters. The second-order valence-electron chi connectivity index (χ2n) is 5.32. The van der Waals surface area contributed by atoms with E-state index in [9.17, 15) is 14.9 Å². The lowest BCUT2D eigenvalue weighted by Crippen LogP contribution is -2.27. The van der Waals surface area contributed by atoms with Gasteiger partial charge in [-0.05, 0) is 36.8 Å². The number of rotatable bonds is 5. The molecule has 132 valence electrons. The highest BCUT2D eigenvalue weighted by Crippen LogP contribution is 2.37. The van der Waals surface area contributed by atoms with Crippen LogP contribution < -0.4 is 0 Å². The van der Waals surface area contributed by atoms with Crippen LogP contribution in [0.25, 0.3) is 6.08 Å². The van der Waals surface area contributed by atoms with Crippen molar-refractivity contribution in [3.05, 3.63) is 69.1 Å². The van der Waals surface area contributed by atoms with Gasteiger partial charge in [0.05, 0.1) is 9.83 Å². The van der Waals surface area contributed by atoms with Crippen LogP contribution in [0.2, 0.25) is 0 Å². The quantitative estimate of drug-likeness (QED) is 0.305. The zero-order chi connectivity index (χ0) is 18.7. The Kier molecular flexibility index (Phi) is 5.75. The number of nitro groups is 1. The van der Waals surface area contributed by atoms with E-state index < -0.39 is 4.92 Å². The van der Waals surface area contributed by atoms with Crippen LogP contribution in [-0.2, 0) is 4.79 Å². The number of hydrogen-bond donors (Lipinski definition) is 0. The van der Waals surface area contributed by atoms with Gasteiger partial charge in [0, 0.05) is 28.5 Å². The molecular weight excluding hydrogens is 388 g/mol. The van der Waals surface area contributed by atoms with E-state index in [1.807, 2.05) is 37.3 Å². The molecule has 1 aliphatic heterocycles. The fraction of sp³-hybridized carbons (Fsp3) is 0.111. The van der Waals surface area contributed by atoms with Crippen molar-refractivity contribution in [1.29, 1.82) is 0 Å². The zero-order valence-electron chi connectivity index (χ0n) is 13.7. The van der Waals surface area contributed by atoms with Crippen LogP contribution in [0, 0.1) is 10.1 Å². The van der Waals surface area contributed by atoms with Crippen molar-refractivity contribution in [2.75, 3.05) is 6.54 Å². The first kappa shape index (κ1) is 18.6. The third-order valence-corrected chi connectivity index (χ3v) is 6.13. The molecule has 1 saturated heterocycles. The highest BCUT2D eigenvalue weighted by atomic mass is 32.2. The van der Waals surface area contributed by atoms with Crippen molar-refractivity contribution in [3.63, 3.8) is 0 Å². The molecule has 0 aromatic heterocycles. The molecule has 0 N–H and O–H groups in total. The number of thiocarbonyl (C=S) groups is 1. The van der Waals surface area contributed by atoms with Crippen molar-refractivity contribution in [2.24, 2.45) is 0 Å². The number of carbonyl (C=O) groups excluding carboxylic acids is 1. The second-order valence-corrected chi connectivity index (χ2v) is 8.11. The second kappa shape index (κ2) is 8.03. The standard InChI is InChI=1S/C18H14N2O3S3/c1-2-19-17(21)16(26-18(19)24)11-12-10-13(20(22)23)8-9-15(12)25-14-6-4-3-5-7-14/h3-11H,2H2,1H3/b16-11-. The van der Waals surface area contributed by atoms with Crippen molar-refractivity contribution < 1.29 is 9.72 Å². The van der Waals surface area contributed by atoms with Gasteiger partial charge in [0.1, 0.15) is 4.32 Å². The first-order chi connectivity index (χ1) is 12.5. The maximum absolute atomic E-state index is 12.4. The monoisotopic (exact) mass is 402 g/mol. The van der Waals surface area contributed by atoms with E-state index in [4.69, 9.17) is 12.2 Å². The van der Waals surface area contributed by atoms with Crippen molar-refractivity contribution in [3.8, 4) is 0 Å². The number of thioether (sulfide) groups is 1. The zero-order valence-corrected chi connectivity index (χ0v) is 16.2. The molecule has 0 spiro atoms. The van der Waals surface area contributed by atoms with Crippen LogP contribution in [-0.4, -0.2) is 26.6 Å². The first-order valence-electron chi connectivity index (χ1n) is 7.76. The van der Waals surface area contributed by atoms with Gasteiger partial charge in [-0.25, -0.2) is 0 Å². The maximum Gasteiger partial charge on any atom is 0.270 e. The molecule has 3 rings (SSSR count). The summed E-state index contributed by atoms with van der Waals surface area (Å²) in [6.45, 7) is 2.36. The minimum Gasteiger partial charge on any atom is -0.293 e. The van der Waals surface area contributed by atoms with Gasteiger partial charge in [0.15, 0.2) is 0 Å². The molecule has 2 aromatic rings. The van der Waals surface area contributed by atoms with E-state index in [1.54, 1.807) is 12.1 Å². The van der Waals surface area contributed by atoms with E-state index >= 15 is 0 Å². The van der Waals surface area contributed by atoms with E-state index in [2.05, 4.69) is 0 Å². The largest absolute Gasteiger partial charge is 0.293 e. The highest BCUT2D eigenvalue weighted by molar-refractivity contribution is 8.26. The molecule has 1 aliphatic rings. The summed E-state index contributed by atoms with van der Waals surface area (Å²) in [7, 11) is 0. The van der Waals surface area contributed by atoms with Gasteiger partial charge in [0.25, 0.3) is 11.6 Å². The van der Waals surface area contributed by atoms with Crippen LogP contribution >= 0.6 is 35.7 Å². The van der Waals surface area contributed by atoms with Crippen LogP contribution in [0.15, 0.2) is 63.2 Å². The van der Waals surface area contributed by atoms with E-state index in [1.165, 1.54) is 40.6 Å². The predicted molar refractivity (Wildman–Crippen MR) is 109 cm³/mol. The number of likely N-dealkylation sites (N-methyl/N-ethyl adjacent to an activating group) is 1. The number of hydrogen-bond acceptors (Lipinski definition) is 6. The Morgan fingerprint density at radius 1 is 1.27 bits per heavy atom. The van der Waals surface area contributed by atoms with Gasteiger partial charge in [-0.1, -0.05) is 53.9 Å². The molecule has 0 atom stereocenters. The Morgan fingerprint density at radius 3 is 2.62 bits per heavy atom. The Bertz CT molecular complexity index is 913. The third kappa shape index (κ3) is 3.98. The maximum atomic E-state index is 12.4. The Labute approximate surface area is 164 Å². The number of non-ortho nitro benzene ring substituents is 1. The number of benzene rings is 2. The number of nitro benzene ring substituents is 1. The van der Waals surface area contributed by atoms with Gasteiger partial charge in [-0.3, -0.25) is 19.8 Å². The molecule has 5 nitrogen and oxygen atoms in total. The van der Waals surface area contributed by atoms with Gasteiger partial charge in [0.2, 0.25) is 0 Å². The molecule has 0 bridgehead atoms. The summed E-state index contributed by atoms with van der Waals surface area (Å²) in [5, 5.41) is 11.2. The Morgan fingerprint density at radius 2 is 2.00 bits per heavy atom. The lowest BCUT2D eigenvalue weighted by atomic mass is 10.2. The van der Waals surface area contributed by atoms with E-state index in [0.717, 1.165) is 9.79 Å². The summed E-state index contributed by atoms with van der Waals surface area (Å²) in [6, 6.07) is 14.4. The van der Waals surface area contributed by atoms with Crippen LogP contribution in [0.3, 0.4) is 0 Å². The van der Waals surface area contributed by atoms with Gasteiger partial charge >= 0.3 is 0 Å². The third-order valence-electron chi connectivity index (χ3n) is 3.65. The van der Waals surface area contributed by atoms with Crippen molar-refractivity contribution >= 4 is 57.7 Å². The smallest absolute Gasteiger partial charge is 0.270 e. The number of carbonyl (C=O) groups is 1. The molecule has 0 aliphatic carbocycles. The van der Waals surface area contributed by atoms with Gasteiger partial charge < -0.3 is 0 Å². The predicted octanol–water partition coefficient (Wildman–Crippen LogP) is 4.97. The fourth-order valence-corrected chi connectivity index (χ4v) is 4.68. The average Bonchev–Trinajstić information content (AvgIpc) is 2.90. The molecule has 0 radical (unpaired) electrons. The molecular formula is C18H14N2O3S3. The van der Waals surface area contributed by atoms with Crippen LogP contribution in [0.5, 0.6) is 0 Å². The van der Waals surface area contributed by atoms with Crippen LogP contribution in [0.1, 0.15) is 12.5 Å². The van der Waals surface area contributed by atoms with Crippen molar-refractivity contribution in [2.45, 2.75) is 16.7 Å². The normalized spacial score (nSPS) is 15.7. The Hall–Kier alpha value is -2.16. The SMILES string of the molecule is CCN1C(=O)/C(=C/c2cc([N+](=O)[O-])ccc2Sc2ccccc2)SC1=S. The molecule has 8 heteroatoms. The van der Waals surface area contributed by atoms with Gasteiger partial charge in [-0.15, -0.1) is 0 Å². The Balaban J connectivity index is 2.02. The number of amides is 1. The summed E-state index contributed by atoms with van der Waals surface area (Å²) < 4.78 is 0.506. The molecule has 1 fully saturated rings. The molecule has 0 saturated carbocycles. The summed E-state index contributed by atoms with van der Waals surface area (Å²) in [5.41, 5.74) is 0.615. The van der Waals surface area contributed by atoms with Crippen LogP contribution in [0.4, 0.5) is 5.69 Å². The van der Waals surface area contributed by atoms with E-state index in [-0.39, 0.29) is 11.6 Å². The summed E-state index contributed by atoms with van der Waals surface area (Å²) >= 11 is 7.94. The molecule has 2 aromatic carbocycles. The summed E-state index contributed by atoms with van der Waals surface area (Å²) in [6.07, 6.45) is 1.69. The molecule has 1 amide bonds. The van der Waals surface area contributed by atoms with Crippen molar-refractivity contribution in [1.82, 2.24) is 4.90 Å². The fourth-order valence-electron chi connectivity index (χ4n) is 2.38. The lowest BCUT2D eigenvalue weighted by Gasteiger charge is -2.10. The topological polar surface area (TPSA) is 63.5 Å². The number of nitrogens with zero attached hydrogens (tertiary/aromatic N) is 2. The first-order valence-corrected chi connectivity index (χ1v) is 9.80. The summed E-state index contributed by atoms with van der Waals surface area (Å²) in [5.74, 6) is -0.162. The highest BCUT2D eigenvalue weighted by Gasteiger charge is 2.31. The van der Waals surface area contributed by atoms with Gasteiger partial charge in [-0.2, -0.15) is 0 Å². The molecule has 1 heterocycles. The molecule has 26 heavy (non-hydrogen) atoms. The lowest BCUT2D eigenvalue weighted by molar-refractivity contribution is -0.384. The summed E-state index contributed by atoms with van der Waals surface area (Å²) in [4.78, 5) is 27.0.